The van der Waals surface area contributed by atoms with Crippen LogP contribution in [0, 0.1) is 5.82 Å². The highest BCUT2D eigenvalue weighted by Crippen LogP contribution is 2.49. The van der Waals surface area contributed by atoms with E-state index in [1.807, 2.05) is 12.1 Å². The van der Waals surface area contributed by atoms with Gasteiger partial charge in [-0.05, 0) is 24.5 Å². The molecule has 0 aromatic heterocycles. The van der Waals surface area contributed by atoms with Crippen LogP contribution in [0.2, 0.25) is 0 Å². The molecule has 0 saturated carbocycles. The van der Waals surface area contributed by atoms with Crippen molar-refractivity contribution in [2.24, 2.45) is 0 Å². The fourth-order valence-corrected chi connectivity index (χ4v) is 5.27. The number of anilines is 2. The summed E-state index contributed by atoms with van der Waals surface area (Å²) in [5.41, 5.74) is 2.87. The van der Waals surface area contributed by atoms with Crippen molar-refractivity contribution in [2.45, 2.75) is 24.8 Å². The normalized spacial score (nSPS) is 21.8. The van der Waals surface area contributed by atoms with Crippen LogP contribution in [0.15, 0.2) is 18.2 Å². The van der Waals surface area contributed by atoms with E-state index < -0.39 is 5.82 Å². The van der Waals surface area contributed by atoms with Gasteiger partial charge in [0.1, 0.15) is 43.0 Å². The number of halogens is 1. The summed E-state index contributed by atoms with van der Waals surface area (Å²) in [4.78, 5) is 16.8. The quantitative estimate of drug-likeness (QED) is 0.468. The number of benzene rings is 2. The van der Waals surface area contributed by atoms with Crippen LogP contribution in [0.5, 0.6) is 5.75 Å². The molecule has 1 saturated heterocycles. The molecule has 0 unspecified atom stereocenters. The minimum Gasteiger partial charge on any atom is -0.495 e. The first-order valence-corrected chi connectivity index (χ1v) is 10.8. The Hall–Kier alpha value is -2.34. The molecule has 8 radical (unpaired) electrons. The summed E-state index contributed by atoms with van der Waals surface area (Å²) in [6.07, 6.45) is 1.74. The van der Waals surface area contributed by atoms with Crippen LogP contribution in [0.4, 0.5) is 15.8 Å². The van der Waals surface area contributed by atoms with Gasteiger partial charge in [-0.1, -0.05) is 34.0 Å². The van der Waals surface area contributed by atoms with Crippen LogP contribution in [-0.2, 0) is 4.79 Å². The number of para-hydroxylation sites is 1. The SMILES string of the molecule is [B]c1c([B])c(OCCCN2CC[C@H]3[C@@H](C2)c2cccc4c2N3CC(=O)N4)c([B])c([B])c1F. The maximum atomic E-state index is 13.9. The average molecular weight is 421 g/mol. The molecule has 154 valence electrons. The molecule has 1 N–H and O–H groups in total. The highest BCUT2D eigenvalue weighted by atomic mass is 19.1. The molecule has 1 amide bonds. The topological polar surface area (TPSA) is 44.8 Å². The van der Waals surface area contributed by atoms with Gasteiger partial charge in [0, 0.05) is 31.6 Å². The smallest absolute Gasteiger partial charge is 0.243 e. The standard InChI is InChI=1S/C22H20B4FN3O2/c23-16-18(25)22(19(26)17(24)20(16)27)32-8-2-6-29-7-5-14-12(9-29)11-3-1-4-13-21(11)30(14)10-15(31)28-13/h1,3-4,12,14H,2,5-10H2,(H,28,31)/t12-,14-/m0/s1. The van der Waals surface area contributed by atoms with E-state index in [1.54, 1.807) is 0 Å². The Morgan fingerprint density at radius 1 is 1.12 bits per heavy atom. The fraction of sp³-hybridized carbons (Fsp3) is 0.409. The van der Waals surface area contributed by atoms with Crippen LogP contribution in [0.1, 0.15) is 24.3 Å². The lowest BCUT2D eigenvalue weighted by Gasteiger charge is -2.39. The number of nitrogens with one attached hydrogen (secondary N) is 1. The number of carbonyl (C=O) groups is 1. The van der Waals surface area contributed by atoms with Crippen LogP contribution in [0.25, 0.3) is 0 Å². The second-order valence-electron chi connectivity index (χ2n) is 8.68. The molecule has 3 aliphatic heterocycles. The van der Waals surface area contributed by atoms with Crippen LogP contribution < -0.4 is 36.8 Å². The molecule has 1 fully saturated rings. The summed E-state index contributed by atoms with van der Waals surface area (Å²) in [7, 11) is 23.0. The van der Waals surface area contributed by atoms with Gasteiger partial charge in [-0.25, -0.2) is 4.39 Å². The first-order chi connectivity index (χ1) is 15.4. The van der Waals surface area contributed by atoms with Crippen molar-refractivity contribution in [1.82, 2.24) is 4.90 Å². The second-order valence-corrected chi connectivity index (χ2v) is 8.68. The Kier molecular flexibility index (Phi) is 5.52. The molecule has 32 heavy (non-hydrogen) atoms. The predicted molar refractivity (Wildman–Crippen MR) is 128 cm³/mol. The zero-order valence-electron chi connectivity index (χ0n) is 17.7. The Morgan fingerprint density at radius 2 is 1.88 bits per heavy atom. The molecule has 2 atom stereocenters. The van der Waals surface area contributed by atoms with Crippen LogP contribution in [0.3, 0.4) is 0 Å². The van der Waals surface area contributed by atoms with Gasteiger partial charge in [-0.2, -0.15) is 0 Å². The maximum Gasteiger partial charge on any atom is 0.243 e. The lowest BCUT2D eigenvalue weighted by atomic mass is 9.69. The van der Waals surface area contributed by atoms with E-state index >= 15 is 0 Å². The number of likely N-dealkylation sites (tertiary alicyclic amines) is 1. The Morgan fingerprint density at radius 3 is 2.62 bits per heavy atom. The van der Waals surface area contributed by atoms with E-state index in [0.29, 0.717) is 25.1 Å². The number of amides is 1. The Balaban J connectivity index is 1.22. The van der Waals surface area contributed by atoms with Crippen LogP contribution in [-0.4, -0.2) is 81.0 Å². The van der Waals surface area contributed by atoms with Gasteiger partial charge in [0.2, 0.25) is 5.91 Å². The molecule has 2 aromatic rings. The summed E-state index contributed by atoms with van der Waals surface area (Å²) in [6, 6.07) is 6.52. The first kappa shape index (κ1) is 21.5. The number of hydrogen-bond donors (Lipinski definition) is 1. The Labute approximate surface area is 192 Å². The van der Waals surface area contributed by atoms with E-state index in [4.69, 9.17) is 36.1 Å². The zero-order chi connectivity index (χ0) is 22.6. The third-order valence-electron chi connectivity index (χ3n) is 6.81. The third-order valence-corrected chi connectivity index (χ3v) is 6.81. The minimum absolute atomic E-state index is 0.0258. The van der Waals surface area contributed by atoms with Crippen molar-refractivity contribution in [1.29, 1.82) is 0 Å². The van der Waals surface area contributed by atoms with Crippen molar-refractivity contribution in [3.63, 3.8) is 0 Å². The monoisotopic (exact) mass is 421 g/mol. The summed E-state index contributed by atoms with van der Waals surface area (Å²) in [5, 5.41) is 3.00. The molecular formula is C22H20B4FN3O2. The molecule has 0 aliphatic carbocycles. The fourth-order valence-electron chi connectivity index (χ4n) is 5.27. The van der Waals surface area contributed by atoms with Crippen LogP contribution >= 0.6 is 0 Å². The summed E-state index contributed by atoms with van der Waals surface area (Å²) in [5.74, 6) is -0.250. The largest absolute Gasteiger partial charge is 0.495 e. The van der Waals surface area contributed by atoms with E-state index in [9.17, 15) is 9.18 Å². The highest BCUT2D eigenvalue weighted by Gasteiger charge is 2.45. The van der Waals surface area contributed by atoms with Crippen molar-refractivity contribution < 1.29 is 13.9 Å². The number of ether oxygens (including phenoxy) is 1. The summed E-state index contributed by atoms with van der Waals surface area (Å²) >= 11 is 0. The third kappa shape index (κ3) is 3.43. The summed E-state index contributed by atoms with van der Waals surface area (Å²) in [6.45, 7) is 3.48. The first-order valence-electron chi connectivity index (χ1n) is 10.8. The predicted octanol–water partition coefficient (Wildman–Crippen LogP) is -1.60. The molecule has 5 rings (SSSR count). The Bertz CT molecular complexity index is 1070. The number of fused-ring (bicyclic) bond motifs is 3. The number of piperidine rings is 1. The van der Waals surface area contributed by atoms with Crippen molar-refractivity contribution in [2.75, 3.05) is 43.0 Å². The molecule has 3 heterocycles. The second kappa shape index (κ2) is 8.22. The number of carbonyl (C=O) groups excluding carboxylic acids is 1. The van der Waals surface area contributed by atoms with Crippen molar-refractivity contribution >= 4 is 70.5 Å². The van der Waals surface area contributed by atoms with Gasteiger partial charge in [-0.15, -0.1) is 0 Å². The number of hydrogen-bond acceptors (Lipinski definition) is 4. The lowest BCUT2D eigenvalue weighted by molar-refractivity contribution is -0.115. The van der Waals surface area contributed by atoms with Crippen molar-refractivity contribution in [3.05, 3.63) is 29.6 Å². The van der Waals surface area contributed by atoms with E-state index in [1.165, 1.54) is 11.3 Å². The van der Waals surface area contributed by atoms with Gasteiger partial charge >= 0.3 is 0 Å². The molecule has 10 heteroatoms. The minimum atomic E-state index is -0.815. The highest BCUT2D eigenvalue weighted by molar-refractivity contribution is 6.57. The van der Waals surface area contributed by atoms with E-state index in [0.717, 1.165) is 38.2 Å². The van der Waals surface area contributed by atoms with Gasteiger partial charge in [-0.3, -0.25) is 4.79 Å². The molecule has 0 spiro atoms. The maximum absolute atomic E-state index is 13.9. The average Bonchev–Trinajstić information content (AvgIpc) is 3.10. The molecule has 3 aliphatic rings. The van der Waals surface area contributed by atoms with E-state index in [-0.39, 0.29) is 33.5 Å². The number of rotatable bonds is 5. The van der Waals surface area contributed by atoms with Gasteiger partial charge < -0.3 is 19.9 Å². The molecular weight excluding hydrogens is 401 g/mol. The zero-order valence-corrected chi connectivity index (χ0v) is 17.7. The number of nitrogens with zero attached hydrogens (tertiary/aromatic N) is 2. The summed E-state index contributed by atoms with van der Waals surface area (Å²) < 4.78 is 19.6. The van der Waals surface area contributed by atoms with Gasteiger partial charge in [0.25, 0.3) is 0 Å². The van der Waals surface area contributed by atoms with Crippen molar-refractivity contribution in [3.8, 4) is 5.75 Å². The molecule has 5 nitrogen and oxygen atoms in total. The van der Waals surface area contributed by atoms with Gasteiger partial charge in [0.15, 0.2) is 0 Å². The lowest BCUT2D eigenvalue weighted by Crippen LogP contribution is -2.49. The molecule has 2 aromatic carbocycles. The molecule has 0 bridgehead atoms. The van der Waals surface area contributed by atoms with E-state index in [2.05, 4.69) is 21.2 Å². The van der Waals surface area contributed by atoms with Gasteiger partial charge in [0.05, 0.1) is 24.5 Å².